The van der Waals surface area contributed by atoms with E-state index in [-0.39, 0.29) is 5.82 Å². The molecule has 4 nitrogen and oxygen atoms in total. The molecule has 0 amide bonds. The van der Waals surface area contributed by atoms with Crippen LogP contribution in [0.25, 0.3) is 11.1 Å². The van der Waals surface area contributed by atoms with E-state index in [1.54, 1.807) is 25.4 Å². The van der Waals surface area contributed by atoms with Gasteiger partial charge in [0.25, 0.3) is 0 Å². The van der Waals surface area contributed by atoms with E-state index >= 15 is 0 Å². The zero-order valence-corrected chi connectivity index (χ0v) is 16.6. The molecule has 142 valence electrons. The maximum Gasteiger partial charge on any atom is 0.131 e. The molecule has 1 aromatic heterocycles. The topological polar surface area (TPSA) is 38.2 Å². The largest absolute Gasteiger partial charge is 0.497 e. The van der Waals surface area contributed by atoms with Crippen molar-refractivity contribution in [2.24, 2.45) is 0 Å². The summed E-state index contributed by atoms with van der Waals surface area (Å²) < 4.78 is 19.4. The molecule has 26 heavy (non-hydrogen) atoms. The first-order chi connectivity index (χ1) is 12.5. The Hall–Kier alpha value is -2.01. The lowest BCUT2D eigenvalue weighted by atomic mass is 10.0. The maximum atomic E-state index is 14.2. The van der Waals surface area contributed by atoms with Crippen molar-refractivity contribution in [1.29, 1.82) is 0 Å². The van der Waals surface area contributed by atoms with Gasteiger partial charge in [0.15, 0.2) is 0 Å². The zero-order valence-electron chi connectivity index (χ0n) is 16.6. The van der Waals surface area contributed by atoms with Gasteiger partial charge < -0.3 is 9.64 Å². The van der Waals surface area contributed by atoms with Crippen molar-refractivity contribution < 1.29 is 9.13 Å². The average Bonchev–Trinajstić information content (AvgIpc) is 2.65. The van der Waals surface area contributed by atoms with Crippen LogP contribution in [0, 0.1) is 12.7 Å². The smallest absolute Gasteiger partial charge is 0.131 e. The molecule has 1 heterocycles. The quantitative estimate of drug-likeness (QED) is 0.611. The number of aromatic nitrogens is 2. The second-order valence-electron chi connectivity index (χ2n) is 6.80. The van der Waals surface area contributed by atoms with Crippen LogP contribution in [0.4, 0.5) is 4.39 Å². The van der Waals surface area contributed by atoms with Gasteiger partial charge in [0.2, 0.25) is 0 Å². The van der Waals surface area contributed by atoms with Gasteiger partial charge in [-0.2, -0.15) is 0 Å². The molecule has 0 radical (unpaired) electrons. The molecule has 0 aliphatic rings. The summed E-state index contributed by atoms with van der Waals surface area (Å²) in [5.41, 5.74) is 1.98. The van der Waals surface area contributed by atoms with Crippen molar-refractivity contribution in [2.75, 3.05) is 20.7 Å². The second kappa shape index (κ2) is 9.62. The van der Waals surface area contributed by atoms with Crippen LogP contribution in [0.3, 0.4) is 0 Å². The molecule has 0 bridgehead atoms. The third kappa shape index (κ3) is 5.24. The minimum atomic E-state index is -0.292. The highest BCUT2D eigenvalue weighted by Gasteiger charge is 2.12. The Balaban J connectivity index is 1.99. The third-order valence-electron chi connectivity index (χ3n) is 5.02. The Morgan fingerprint density at radius 3 is 2.65 bits per heavy atom. The van der Waals surface area contributed by atoms with Gasteiger partial charge in [-0.15, -0.1) is 0 Å². The second-order valence-corrected chi connectivity index (χ2v) is 6.80. The number of methoxy groups -OCH3 is 1. The first-order valence-electron chi connectivity index (χ1n) is 9.32. The molecule has 0 saturated carbocycles. The Bertz CT molecular complexity index is 720. The lowest BCUT2D eigenvalue weighted by molar-refractivity contribution is 0.254. The normalized spacial score (nSPS) is 12.4. The fraction of sp³-hybridized carbons (Fsp3) is 0.524. The highest BCUT2D eigenvalue weighted by Crippen LogP contribution is 2.28. The molecular weight excluding hydrogens is 329 g/mol. The number of hydrogen-bond acceptors (Lipinski definition) is 4. The number of hydrogen-bond donors (Lipinski definition) is 0. The number of nitrogens with zero attached hydrogens (tertiary/aromatic N) is 3. The molecule has 0 aliphatic heterocycles. The number of ether oxygens (including phenoxy) is 1. The van der Waals surface area contributed by atoms with Gasteiger partial charge in [-0.3, -0.25) is 0 Å². The van der Waals surface area contributed by atoms with E-state index in [0.717, 1.165) is 37.3 Å². The standard InChI is InChI=1S/C21H30FN3O/c1-6-25(4)15(2)9-7-8-10-21-23-14-19(16(3)24-21)18-13-17(26-5)11-12-20(18)22/h11-15H,6-10H2,1-5H3. The summed E-state index contributed by atoms with van der Waals surface area (Å²) >= 11 is 0. The van der Waals surface area contributed by atoms with Crippen LogP contribution in [-0.2, 0) is 6.42 Å². The predicted octanol–water partition coefficient (Wildman–Crippen LogP) is 4.65. The summed E-state index contributed by atoms with van der Waals surface area (Å²) in [5, 5.41) is 0. The van der Waals surface area contributed by atoms with E-state index in [2.05, 4.69) is 35.8 Å². The molecular formula is C21H30FN3O. The van der Waals surface area contributed by atoms with Crippen molar-refractivity contribution >= 4 is 0 Å². The molecule has 2 rings (SSSR count). The Morgan fingerprint density at radius 1 is 1.23 bits per heavy atom. The summed E-state index contributed by atoms with van der Waals surface area (Å²) in [6, 6.07) is 5.31. The molecule has 0 aliphatic carbocycles. The summed E-state index contributed by atoms with van der Waals surface area (Å²) in [6.45, 7) is 7.42. The van der Waals surface area contributed by atoms with Crippen LogP contribution in [0.1, 0.15) is 44.6 Å². The number of rotatable bonds is 9. The van der Waals surface area contributed by atoms with Gasteiger partial charge in [-0.05, 0) is 58.5 Å². The first kappa shape index (κ1) is 20.3. The fourth-order valence-corrected chi connectivity index (χ4v) is 2.99. The van der Waals surface area contributed by atoms with Crippen molar-refractivity contribution in [3.8, 4) is 16.9 Å². The van der Waals surface area contributed by atoms with E-state index in [0.29, 0.717) is 22.9 Å². The van der Waals surface area contributed by atoms with Crippen molar-refractivity contribution in [1.82, 2.24) is 14.9 Å². The summed E-state index contributed by atoms with van der Waals surface area (Å²) in [6.07, 6.45) is 5.97. The number of benzene rings is 1. The minimum absolute atomic E-state index is 0.292. The first-order valence-corrected chi connectivity index (χ1v) is 9.32. The van der Waals surface area contributed by atoms with Crippen LogP contribution in [0.2, 0.25) is 0 Å². The molecule has 0 N–H and O–H groups in total. The van der Waals surface area contributed by atoms with Crippen LogP contribution >= 0.6 is 0 Å². The van der Waals surface area contributed by atoms with Gasteiger partial charge in [-0.1, -0.05) is 13.3 Å². The SMILES string of the molecule is CCN(C)C(C)CCCCc1ncc(-c2cc(OC)ccc2F)c(C)n1. The lowest BCUT2D eigenvalue weighted by Crippen LogP contribution is -2.28. The number of halogens is 1. The highest BCUT2D eigenvalue weighted by atomic mass is 19.1. The van der Waals surface area contributed by atoms with Crippen molar-refractivity contribution in [3.63, 3.8) is 0 Å². The zero-order chi connectivity index (χ0) is 19.1. The third-order valence-corrected chi connectivity index (χ3v) is 5.02. The van der Waals surface area contributed by atoms with E-state index in [1.807, 2.05) is 6.92 Å². The van der Waals surface area contributed by atoms with Crippen molar-refractivity contribution in [2.45, 2.75) is 52.5 Å². The molecule has 0 saturated heterocycles. The van der Waals surface area contributed by atoms with Crippen LogP contribution in [-0.4, -0.2) is 41.6 Å². The average molecular weight is 359 g/mol. The van der Waals surface area contributed by atoms with Gasteiger partial charge in [-0.25, -0.2) is 14.4 Å². The van der Waals surface area contributed by atoms with E-state index < -0.39 is 0 Å². The minimum Gasteiger partial charge on any atom is -0.497 e. The maximum absolute atomic E-state index is 14.2. The van der Waals surface area contributed by atoms with Crippen molar-refractivity contribution in [3.05, 3.63) is 41.7 Å². The Kier molecular flexibility index (Phi) is 7.51. The predicted molar refractivity (Wildman–Crippen MR) is 104 cm³/mol. The molecule has 2 aromatic rings. The van der Waals surface area contributed by atoms with Gasteiger partial charge in [0.1, 0.15) is 17.4 Å². The lowest BCUT2D eigenvalue weighted by Gasteiger charge is -2.22. The van der Waals surface area contributed by atoms with E-state index in [9.17, 15) is 4.39 Å². The Morgan fingerprint density at radius 2 is 2.00 bits per heavy atom. The number of aryl methyl sites for hydroxylation is 2. The van der Waals surface area contributed by atoms with Crippen LogP contribution < -0.4 is 4.74 Å². The summed E-state index contributed by atoms with van der Waals surface area (Å²) in [5.74, 6) is 1.15. The van der Waals surface area contributed by atoms with Crippen LogP contribution in [0.5, 0.6) is 5.75 Å². The van der Waals surface area contributed by atoms with E-state index in [1.165, 1.54) is 12.5 Å². The molecule has 0 spiro atoms. The summed E-state index contributed by atoms with van der Waals surface area (Å²) in [4.78, 5) is 11.4. The summed E-state index contributed by atoms with van der Waals surface area (Å²) in [7, 11) is 3.73. The molecule has 1 atom stereocenters. The van der Waals surface area contributed by atoms with E-state index in [4.69, 9.17) is 4.74 Å². The molecule has 0 fully saturated rings. The van der Waals surface area contributed by atoms with Gasteiger partial charge in [0, 0.05) is 35.5 Å². The molecule has 1 aromatic carbocycles. The monoisotopic (exact) mass is 359 g/mol. The van der Waals surface area contributed by atoms with Gasteiger partial charge in [0.05, 0.1) is 7.11 Å². The Labute approximate surface area is 156 Å². The van der Waals surface area contributed by atoms with Gasteiger partial charge >= 0.3 is 0 Å². The molecule has 1 unspecified atom stereocenters. The van der Waals surface area contributed by atoms with Crippen LogP contribution in [0.15, 0.2) is 24.4 Å². The molecule has 5 heteroatoms. The fourth-order valence-electron chi connectivity index (χ4n) is 2.99. The highest BCUT2D eigenvalue weighted by molar-refractivity contribution is 5.67. The number of unbranched alkanes of at least 4 members (excludes halogenated alkanes) is 1.